The minimum atomic E-state index is 0.0318. The summed E-state index contributed by atoms with van der Waals surface area (Å²) in [6.07, 6.45) is 6.60. The predicted molar refractivity (Wildman–Crippen MR) is 121 cm³/mol. The molecule has 6 rings (SSSR count). The summed E-state index contributed by atoms with van der Waals surface area (Å²) in [6, 6.07) is 16.1. The topological polar surface area (TPSA) is 85.8 Å². The number of hydrogen-bond donors (Lipinski definition) is 1. The first-order chi connectivity index (χ1) is 15.6. The first-order valence-corrected chi connectivity index (χ1v) is 11.3. The summed E-state index contributed by atoms with van der Waals surface area (Å²) in [4.78, 5) is 17.2. The second kappa shape index (κ2) is 7.29. The second-order valence-electron chi connectivity index (χ2n) is 9.34. The van der Waals surface area contributed by atoms with Crippen LogP contribution in [0.1, 0.15) is 45.1 Å². The molecule has 2 unspecified atom stereocenters. The zero-order valence-corrected chi connectivity index (χ0v) is 18.0. The van der Waals surface area contributed by atoms with E-state index in [1.54, 1.807) is 6.20 Å². The fourth-order valence-corrected chi connectivity index (χ4v) is 4.63. The molecule has 7 heteroatoms. The van der Waals surface area contributed by atoms with Gasteiger partial charge in [0.1, 0.15) is 5.52 Å². The van der Waals surface area contributed by atoms with Gasteiger partial charge in [0, 0.05) is 22.6 Å². The molecule has 162 valence electrons. The van der Waals surface area contributed by atoms with Gasteiger partial charge >= 0.3 is 0 Å². The summed E-state index contributed by atoms with van der Waals surface area (Å²) in [5, 5.41) is 11.8. The van der Waals surface area contributed by atoms with Crippen LogP contribution in [0.15, 0.2) is 59.1 Å². The van der Waals surface area contributed by atoms with Gasteiger partial charge in [-0.05, 0) is 63.3 Å². The first-order valence-electron chi connectivity index (χ1n) is 11.3. The fourth-order valence-electron chi connectivity index (χ4n) is 4.63. The molecule has 2 aromatic heterocycles. The molecular formula is C25H25N5O2. The Kier molecular flexibility index (Phi) is 4.38. The molecule has 0 radical (unpaired) electrons. The molecule has 0 spiro atoms. The van der Waals surface area contributed by atoms with Crippen molar-refractivity contribution < 1.29 is 9.21 Å². The summed E-state index contributed by atoms with van der Waals surface area (Å²) >= 11 is 0. The van der Waals surface area contributed by atoms with Crippen LogP contribution in [0.5, 0.6) is 0 Å². The van der Waals surface area contributed by atoms with E-state index in [1.165, 1.54) is 0 Å². The largest absolute Gasteiger partial charge is 0.436 e. The van der Waals surface area contributed by atoms with Gasteiger partial charge in [0.2, 0.25) is 11.8 Å². The van der Waals surface area contributed by atoms with Crippen LogP contribution in [0, 0.1) is 5.92 Å². The van der Waals surface area contributed by atoms with Crippen molar-refractivity contribution in [3.05, 3.63) is 54.7 Å². The van der Waals surface area contributed by atoms with Crippen LogP contribution in [-0.2, 0) is 4.79 Å². The van der Waals surface area contributed by atoms with E-state index < -0.39 is 0 Å². The maximum atomic E-state index is 12.6. The number of oxazole rings is 1. The maximum Gasteiger partial charge on any atom is 0.227 e. The van der Waals surface area contributed by atoms with Gasteiger partial charge in [0.25, 0.3) is 0 Å². The van der Waals surface area contributed by atoms with Crippen LogP contribution in [0.3, 0.4) is 0 Å². The second-order valence-corrected chi connectivity index (χ2v) is 9.34. The molecule has 2 aliphatic carbocycles. The highest BCUT2D eigenvalue weighted by Gasteiger charge is 2.41. The van der Waals surface area contributed by atoms with Crippen LogP contribution < -0.4 is 5.32 Å². The molecule has 2 heterocycles. The average Bonchev–Trinajstić information content (AvgIpc) is 3.26. The molecule has 32 heavy (non-hydrogen) atoms. The van der Waals surface area contributed by atoms with E-state index in [9.17, 15) is 4.79 Å². The molecule has 4 aromatic rings. The molecule has 2 saturated carbocycles. The number of aromatic nitrogens is 4. The summed E-state index contributed by atoms with van der Waals surface area (Å²) in [5.41, 5.74) is 4.59. The number of hydrogen-bond acceptors (Lipinski definition) is 5. The Labute approximate surface area is 185 Å². The molecule has 2 fully saturated rings. The van der Waals surface area contributed by atoms with Gasteiger partial charge in [-0.2, -0.15) is 0 Å². The Hall–Kier alpha value is -3.48. The Balaban J connectivity index is 1.20. The summed E-state index contributed by atoms with van der Waals surface area (Å²) in [6.45, 7) is 2.12. The van der Waals surface area contributed by atoms with Crippen molar-refractivity contribution in [1.29, 1.82) is 0 Å². The van der Waals surface area contributed by atoms with Gasteiger partial charge in [0.15, 0.2) is 5.58 Å². The minimum Gasteiger partial charge on any atom is -0.436 e. The number of rotatable bonds is 5. The van der Waals surface area contributed by atoms with Crippen LogP contribution >= 0.6 is 0 Å². The standard InChI is InChI=1S/C25H25N5O2/c1-25(12-13-25)28-23(31)18-10-11-19(14-18)30-21(15-26-29-30)16-6-8-17(9-7-16)24-27-20-4-2-3-5-22(20)32-24/h2-9,15,18-19H,10-14H2,1H3,(H,28,31). The molecule has 2 aromatic carbocycles. The van der Waals surface area contributed by atoms with Gasteiger partial charge in [-0.1, -0.05) is 29.5 Å². The monoisotopic (exact) mass is 427 g/mol. The van der Waals surface area contributed by atoms with E-state index in [-0.39, 0.29) is 23.4 Å². The zero-order valence-electron chi connectivity index (χ0n) is 18.0. The fraction of sp³-hybridized carbons (Fsp3) is 0.360. The Bertz CT molecular complexity index is 1250. The third kappa shape index (κ3) is 3.47. The van der Waals surface area contributed by atoms with E-state index in [0.717, 1.165) is 60.0 Å². The Morgan fingerprint density at radius 1 is 1.09 bits per heavy atom. The summed E-state index contributed by atoms with van der Waals surface area (Å²) in [5.74, 6) is 0.853. The van der Waals surface area contributed by atoms with Crippen molar-refractivity contribution in [1.82, 2.24) is 25.3 Å². The molecular weight excluding hydrogens is 402 g/mol. The van der Waals surface area contributed by atoms with Crippen molar-refractivity contribution >= 4 is 17.0 Å². The van der Waals surface area contributed by atoms with Gasteiger partial charge < -0.3 is 9.73 Å². The van der Waals surface area contributed by atoms with Gasteiger partial charge in [-0.3, -0.25) is 4.79 Å². The van der Waals surface area contributed by atoms with Crippen LogP contribution in [-0.4, -0.2) is 31.4 Å². The van der Waals surface area contributed by atoms with Crippen molar-refractivity contribution in [2.24, 2.45) is 5.92 Å². The quantitative estimate of drug-likeness (QED) is 0.496. The third-order valence-corrected chi connectivity index (χ3v) is 6.84. The smallest absolute Gasteiger partial charge is 0.227 e. The summed E-state index contributed by atoms with van der Waals surface area (Å²) < 4.78 is 7.87. The number of nitrogens with one attached hydrogen (secondary N) is 1. The average molecular weight is 428 g/mol. The van der Waals surface area contributed by atoms with Gasteiger partial charge in [-0.25, -0.2) is 9.67 Å². The number of carbonyl (C=O) groups excluding carboxylic acids is 1. The predicted octanol–water partition coefficient (Wildman–Crippen LogP) is 4.76. The molecule has 7 nitrogen and oxygen atoms in total. The lowest BCUT2D eigenvalue weighted by Crippen LogP contribution is -2.38. The van der Waals surface area contributed by atoms with E-state index in [4.69, 9.17) is 4.42 Å². The molecule has 1 amide bonds. The lowest BCUT2D eigenvalue weighted by molar-refractivity contribution is -0.125. The summed E-state index contributed by atoms with van der Waals surface area (Å²) in [7, 11) is 0. The van der Waals surface area contributed by atoms with Gasteiger partial charge in [0.05, 0.1) is 17.9 Å². The van der Waals surface area contributed by atoms with Crippen molar-refractivity contribution in [3.63, 3.8) is 0 Å². The van der Waals surface area contributed by atoms with Crippen molar-refractivity contribution in [2.45, 2.75) is 50.6 Å². The number of nitrogens with zero attached hydrogens (tertiary/aromatic N) is 4. The highest BCUT2D eigenvalue weighted by molar-refractivity contribution is 5.80. The van der Waals surface area contributed by atoms with E-state index in [1.807, 2.05) is 53.2 Å². The third-order valence-electron chi connectivity index (χ3n) is 6.84. The van der Waals surface area contributed by atoms with Crippen LogP contribution in [0.25, 0.3) is 33.8 Å². The SMILES string of the molecule is CC1(NC(=O)C2CCC(n3nncc3-c3ccc(-c4nc5ccccc5o4)cc3)C2)CC1. The van der Waals surface area contributed by atoms with E-state index in [2.05, 4.69) is 27.5 Å². The number of fused-ring (bicyclic) bond motifs is 1. The van der Waals surface area contributed by atoms with Crippen molar-refractivity contribution in [3.8, 4) is 22.7 Å². The van der Waals surface area contributed by atoms with E-state index >= 15 is 0 Å². The molecule has 0 bridgehead atoms. The maximum absolute atomic E-state index is 12.6. The molecule has 0 aliphatic heterocycles. The highest BCUT2D eigenvalue weighted by Crippen LogP contribution is 2.39. The normalized spacial score (nSPS) is 21.7. The number of amides is 1. The van der Waals surface area contributed by atoms with Crippen LogP contribution in [0.2, 0.25) is 0 Å². The van der Waals surface area contributed by atoms with Crippen molar-refractivity contribution in [2.75, 3.05) is 0 Å². The zero-order chi connectivity index (χ0) is 21.7. The Morgan fingerprint density at radius 2 is 1.88 bits per heavy atom. The molecule has 0 saturated heterocycles. The highest BCUT2D eigenvalue weighted by atomic mass is 16.3. The molecule has 2 aliphatic rings. The first kappa shape index (κ1) is 19.2. The minimum absolute atomic E-state index is 0.0318. The lowest BCUT2D eigenvalue weighted by atomic mass is 10.1. The van der Waals surface area contributed by atoms with Crippen LogP contribution in [0.4, 0.5) is 0 Å². The lowest BCUT2D eigenvalue weighted by Gasteiger charge is -2.17. The number of para-hydroxylation sites is 2. The van der Waals surface area contributed by atoms with Gasteiger partial charge in [-0.15, -0.1) is 5.10 Å². The Morgan fingerprint density at radius 3 is 2.66 bits per heavy atom. The molecule has 1 N–H and O–H groups in total. The number of benzene rings is 2. The molecule has 2 atom stereocenters. The number of carbonyl (C=O) groups is 1. The van der Waals surface area contributed by atoms with E-state index in [0.29, 0.717) is 5.89 Å².